The molecule has 20 heavy (non-hydrogen) atoms. The van der Waals surface area contributed by atoms with E-state index in [1.54, 1.807) is 0 Å². The van der Waals surface area contributed by atoms with E-state index in [4.69, 9.17) is 0 Å². The first kappa shape index (κ1) is 15.0. The van der Waals surface area contributed by atoms with Crippen LogP contribution < -0.4 is 10.6 Å². The predicted molar refractivity (Wildman–Crippen MR) is 81.4 cm³/mol. The molecule has 0 aromatic heterocycles. The predicted octanol–water partition coefficient (Wildman–Crippen LogP) is 1.38. The third-order valence-corrected chi connectivity index (χ3v) is 3.69. The van der Waals surface area contributed by atoms with E-state index in [2.05, 4.69) is 46.8 Å². The highest BCUT2D eigenvalue weighted by Gasteiger charge is 2.21. The maximum Gasteiger partial charge on any atom is 0.237 e. The summed E-state index contributed by atoms with van der Waals surface area (Å²) in [7, 11) is 2.12. The van der Waals surface area contributed by atoms with Crippen LogP contribution in [0.2, 0.25) is 0 Å². The molecule has 0 radical (unpaired) electrons. The van der Waals surface area contributed by atoms with Crippen molar-refractivity contribution in [3.8, 4) is 0 Å². The van der Waals surface area contributed by atoms with Crippen LogP contribution in [0.4, 0.5) is 0 Å². The second-order valence-electron chi connectivity index (χ2n) is 5.52. The van der Waals surface area contributed by atoms with Crippen molar-refractivity contribution in [3.05, 3.63) is 35.9 Å². The first-order chi connectivity index (χ1) is 9.75. The van der Waals surface area contributed by atoms with Crippen LogP contribution in [0.5, 0.6) is 0 Å². The van der Waals surface area contributed by atoms with E-state index in [0.717, 1.165) is 45.4 Å². The van der Waals surface area contributed by atoms with Gasteiger partial charge in [0, 0.05) is 13.1 Å². The molecule has 1 aliphatic rings. The van der Waals surface area contributed by atoms with Crippen molar-refractivity contribution >= 4 is 5.91 Å². The van der Waals surface area contributed by atoms with Gasteiger partial charge in [0.05, 0.1) is 6.04 Å². The molecular weight excluding hydrogens is 250 g/mol. The Morgan fingerprint density at radius 3 is 2.90 bits per heavy atom. The van der Waals surface area contributed by atoms with Gasteiger partial charge in [-0.05, 0) is 45.0 Å². The Morgan fingerprint density at radius 2 is 2.20 bits per heavy atom. The lowest BCUT2D eigenvalue weighted by Gasteiger charge is -2.17. The number of nitrogens with one attached hydrogen (secondary N) is 2. The van der Waals surface area contributed by atoms with Crippen molar-refractivity contribution in [3.63, 3.8) is 0 Å². The lowest BCUT2D eigenvalue weighted by Crippen LogP contribution is -2.41. The van der Waals surface area contributed by atoms with Gasteiger partial charge < -0.3 is 15.5 Å². The van der Waals surface area contributed by atoms with Gasteiger partial charge in [0.25, 0.3) is 0 Å². The summed E-state index contributed by atoms with van der Waals surface area (Å²) in [6.45, 7) is 3.68. The molecule has 2 N–H and O–H groups in total. The van der Waals surface area contributed by atoms with Crippen LogP contribution in [0.15, 0.2) is 30.3 Å². The van der Waals surface area contributed by atoms with Gasteiger partial charge >= 0.3 is 0 Å². The minimum Gasteiger partial charge on any atom is -0.355 e. The van der Waals surface area contributed by atoms with Crippen LogP contribution in [0, 0.1) is 0 Å². The van der Waals surface area contributed by atoms with E-state index >= 15 is 0 Å². The third kappa shape index (κ3) is 4.94. The summed E-state index contributed by atoms with van der Waals surface area (Å²) in [6, 6.07) is 10.5. The van der Waals surface area contributed by atoms with E-state index in [1.807, 2.05) is 6.07 Å². The number of nitrogens with zero attached hydrogens (tertiary/aromatic N) is 1. The largest absolute Gasteiger partial charge is 0.355 e. The van der Waals surface area contributed by atoms with Gasteiger partial charge in [-0.1, -0.05) is 30.3 Å². The summed E-state index contributed by atoms with van der Waals surface area (Å²) < 4.78 is 0. The summed E-state index contributed by atoms with van der Waals surface area (Å²) in [4.78, 5) is 14.1. The monoisotopic (exact) mass is 275 g/mol. The number of rotatable bonds is 7. The average Bonchev–Trinajstić information content (AvgIpc) is 2.99. The fourth-order valence-corrected chi connectivity index (χ4v) is 2.57. The molecular formula is C16H25N3O. The SMILES string of the molecule is CN(CCCNC(=O)[C@H]1CCCN1)Cc1ccccc1. The summed E-state index contributed by atoms with van der Waals surface area (Å²) in [6.07, 6.45) is 3.07. The highest BCUT2D eigenvalue weighted by atomic mass is 16.2. The molecule has 1 amide bonds. The van der Waals surface area contributed by atoms with E-state index in [-0.39, 0.29) is 11.9 Å². The molecule has 1 saturated heterocycles. The molecule has 1 aliphatic heterocycles. The van der Waals surface area contributed by atoms with Gasteiger partial charge in [0.1, 0.15) is 0 Å². The van der Waals surface area contributed by atoms with Crippen molar-refractivity contribution in [2.45, 2.75) is 31.8 Å². The number of benzene rings is 1. The van der Waals surface area contributed by atoms with Crippen LogP contribution in [-0.4, -0.2) is 43.5 Å². The molecule has 110 valence electrons. The Hall–Kier alpha value is -1.39. The fourth-order valence-electron chi connectivity index (χ4n) is 2.57. The van der Waals surface area contributed by atoms with Crippen molar-refractivity contribution in [2.24, 2.45) is 0 Å². The summed E-state index contributed by atoms with van der Waals surface area (Å²) in [5, 5.41) is 6.23. The zero-order valence-electron chi connectivity index (χ0n) is 12.3. The lowest BCUT2D eigenvalue weighted by molar-refractivity contribution is -0.122. The molecule has 0 aliphatic carbocycles. The van der Waals surface area contributed by atoms with Gasteiger partial charge in [-0.3, -0.25) is 4.79 Å². The van der Waals surface area contributed by atoms with Crippen LogP contribution in [-0.2, 0) is 11.3 Å². The van der Waals surface area contributed by atoms with E-state index in [9.17, 15) is 4.79 Å². The van der Waals surface area contributed by atoms with Gasteiger partial charge in [-0.25, -0.2) is 0 Å². The maximum atomic E-state index is 11.8. The third-order valence-electron chi connectivity index (χ3n) is 3.69. The minimum absolute atomic E-state index is 0.0389. The van der Waals surface area contributed by atoms with Crippen molar-refractivity contribution < 1.29 is 4.79 Å². The normalized spacial score (nSPS) is 18.4. The topological polar surface area (TPSA) is 44.4 Å². The zero-order chi connectivity index (χ0) is 14.2. The molecule has 0 unspecified atom stereocenters. The molecule has 1 heterocycles. The van der Waals surface area contributed by atoms with Gasteiger partial charge in [0.15, 0.2) is 0 Å². The number of carbonyl (C=O) groups is 1. The second-order valence-corrected chi connectivity index (χ2v) is 5.52. The Kier molecular flexibility index (Phi) is 6.02. The molecule has 2 rings (SSSR count). The number of amides is 1. The fraction of sp³-hybridized carbons (Fsp3) is 0.562. The Morgan fingerprint density at radius 1 is 1.40 bits per heavy atom. The molecule has 0 spiro atoms. The molecule has 1 aromatic rings. The van der Waals surface area contributed by atoms with Crippen LogP contribution in [0.1, 0.15) is 24.8 Å². The summed E-state index contributed by atoms with van der Waals surface area (Å²) in [5.74, 6) is 0.160. The molecule has 1 fully saturated rings. The van der Waals surface area contributed by atoms with Gasteiger partial charge in [-0.2, -0.15) is 0 Å². The minimum atomic E-state index is 0.0389. The standard InChI is InChI=1S/C16H25N3O/c1-19(13-14-7-3-2-4-8-14)12-6-11-18-16(20)15-9-5-10-17-15/h2-4,7-8,15,17H,5-6,9-13H2,1H3,(H,18,20)/t15-/m1/s1. The number of carbonyl (C=O) groups excluding carboxylic acids is 1. The molecule has 1 aromatic carbocycles. The van der Waals surface area contributed by atoms with Gasteiger partial charge in [0.2, 0.25) is 5.91 Å². The second kappa shape index (κ2) is 8.02. The quantitative estimate of drug-likeness (QED) is 0.739. The Bertz CT molecular complexity index is 401. The summed E-state index contributed by atoms with van der Waals surface area (Å²) >= 11 is 0. The van der Waals surface area contributed by atoms with Crippen LogP contribution in [0.3, 0.4) is 0 Å². The molecule has 4 heteroatoms. The Balaban J connectivity index is 1.57. The molecule has 1 atom stereocenters. The van der Waals surface area contributed by atoms with Crippen molar-refractivity contribution in [2.75, 3.05) is 26.7 Å². The zero-order valence-corrected chi connectivity index (χ0v) is 12.3. The Labute approximate surface area is 121 Å². The molecule has 0 bridgehead atoms. The van der Waals surface area contributed by atoms with E-state index < -0.39 is 0 Å². The molecule has 4 nitrogen and oxygen atoms in total. The van der Waals surface area contributed by atoms with Crippen molar-refractivity contribution in [1.29, 1.82) is 0 Å². The smallest absolute Gasteiger partial charge is 0.237 e. The van der Waals surface area contributed by atoms with E-state index in [1.165, 1.54) is 5.56 Å². The van der Waals surface area contributed by atoms with Crippen LogP contribution in [0.25, 0.3) is 0 Å². The highest BCUT2D eigenvalue weighted by Crippen LogP contribution is 2.05. The van der Waals surface area contributed by atoms with E-state index in [0.29, 0.717) is 0 Å². The lowest BCUT2D eigenvalue weighted by atomic mass is 10.2. The maximum absolute atomic E-state index is 11.8. The molecule has 0 saturated carbocycles. The van der Waals surface area contributed by atoms with Gasteiger partial charge in [-0.15, -0.1) is 0 Å². The summed E-state index contributed by atoms with van der Waals surface area (Å²) in [5.41, 5.74) is 1.33. The first-order valence-electron chi connectivity index (χ1n) is 7.49. The van der Waals surface area contributed by atoms with Crippen molar-refractivity contribution in [1.82, 2.24) is 15.5 Å². The highest BCUT2D eigenvalue weighted by molar-refractivity contribution is 5.81. The van der Waals surface area contributed by atoms with Crippen LogP contribution >= 0.6 is 0 Å². The number of hydrogen-bond donors (Lipinski definition) is 2. The first-order valence-corrected chi connectivity index (χ1v) is 7.49. The average molecular weight is 275 g/mol. The number of hydrogen-bond acceptors (Lipinski definition) is 3.